The lowest BCUT2D eigenvalue weighted by Gasteiger charge is -2.01. The van der Waals surface area contributed by atoms with Crippen LogP contribution in [0.25, 0.3) is 0 Å². The lowest BCUT2D eigenvalue weighted by Crippen LogP contribution is -2.02. The van der Waals surface area contributed by atoms with Gasteiger partial charge in [0.2, 0.25) is 0 Å². The van der Waals surface area contributed by atoms with E-state index in [1.54, 1.807) is 0 Å². The lowest BCUT2D eigenvalue weighted by molar-refractivity contribution is -0.136. The summed E-state index contributed by atoms with van der Waals surface area (Å²) in [5.41, 5.74) is 0.700. The maximum Gasteiger partial charge on any atom is 0.334 e. The molecular weight excluding hydrogens is 208 g/mol. The van der Waals surface area contributed by atoms with Crippen molar-refractivity contribution >= 4 is 17.7 Å². The smallest absolute Gasteiger partial charge is 0.334 e. The van der Waals surface area contributed by atoms with Crippen LogP contribution in [0.2, 0.25) is 0 Å². The van der Waals surface area contributed by atoms with Crippen molar-refractivity contribution in [1.82, 2.24) is 0 Å². The Bertz CT molecular complexity index is 344. The molecule has 0 fully saturated rings. The summed E-state index contributed by atoms with van der Waals surface area (Å²) in [6.45, 7) is 1.94. The van der Waals surface area contributed by atoms with Crippen LogP contribution in [-0.4, -0.2) is 13.1 Å². The van der Waals surface area contributed by atoms with Crippen LogP contribution in [0.5, 0.6) is 0 Å². The van der Waals surface area contributed by atoms with E-state index >= 15 is 0 Å². The first-order valence-electron chi connectivity index (χ1n) is 4.77. The van der Waals surface area contributed by atoms with E-state index in [9.17, 15) is 4.79 Å². The molecule has 0 saturated heterocycles. The molecule has 0 spiro atoms. The van der Waals surface area contributed by atoms with Gasteiger partial charge >= 0.3 is 5.97 Å². The van der Waals surface area contributed by atoms with Gasteiger partial charge in [0.25, 0.3) is 0 Å². The van der Waals surface area contributed by atoms with Gasteiger partial charge < -0.3 is 4.74 Å². The van der Waals surface area contributed by atoms with E-state index in [2.05, 4.69) is 4.74 Å². The van der Waals surface area contributed by atoms with E-state index in [-0.39, 0.29) is 5.97 Å². The molecule has 2 nitrogen and oxygen atoms in total. The number of hydrogen-bond acceptors (Lipinski definition) is 3. The Morgan fingerprint density at radius 1 is 1.40 bits per heavy atom. The predicted molar refractivity (Wildman–Crippen MR) is 62.7 cm³/mol. The SMILES string of the molecule is CC/C(=C\Sc1ccccc1)C(=O)OC. The maximum absolute atomic E-state index is 11.3. The van der Waals surface area contributed by atoms with Crippen LogP contribution < -0.4 is 0 Å². The number of carbonyl (C=O) groups excluding carboxylic acids is 1. The Hall–Kier alpha value is -1.22. The maximum atomic E-state index is 11.3. The minimum Gasteiger partial charge on any atom is -0.466 e. The van der Waals surface area contributed by atoms with Gasteiger partial charge in [-0.1, -0.05) is 36.9 Å². The molecule has 1 aromatic carbocycles. The Labute approximate surface area is 94.3 Å². The van der Waals surface area contributed by atoms with E-state index in [1.165, 1.54) is 18.9 Å². The third-order valence-corrected chi connectivity index (χ3v) is 2.86. The number of rotatable bonds is 4. The molecule has 15 heavy (non-hydrogen) atoms. The monoisotopic (exact) mass is 222 g/mol. The van der Waals surface area contributed by atoms with Crippen molar-refractivity contribution in [2.24, 2.45) is 0 Å². The summed E-state index contributed by atoms with van der Waals surface area (Å²) in [5.74, 6) is -0.249. The number of ether oxygens (including phenoxy) is 1. The Morgan fingerprint density at radius 2 is 2.07 bits per heavy atom. The van der Waals surface area contributed by atoms with Gasteiger partial charge in [-0.05, 0) is 24.0 Å². The van der Waals surface area contributed by atoms with Gasteiger partial charge in [0.1, 0.15) is 0 Å². The van der Waals surface area contributed by atoms with Gasteiger partial charge in [0.05, 0.1) is 7.11 Å². The third-order valence-electron chi connectivity index (χ3n) is 1.91. The van der Waals surface area contributed by atoms with Crippen molar-refractivity contribution < 1.29 is 9.53 Å². The van der Waals surface area contributed by atoms with Crippen molar-refractivity contribution in [3.05, 3.63) is 41.3 Å². The Morgan fingerprint density at radius 3 is 2.60 bits per heavy atom. The summed E-state index contributed by atoms with van der Waals surface area (Å²) in [6.07, 6.45) is 0.687. The molecule has 0 heterocycles. The van der Waals surface area contributed by atoms with Crippen molar-refractivity contribution in [1.29, 1.82) is 0 Å². The molecule has 80 valence electrons. The largest absolute Gasteiger partial charge is 0.466 e. The molecule has 0 radical (unpaired) electrons. The zero-order valence-electron chi connectivity index (χ0n) is 8.90. The molecule has 0 aliphatic heterocycles. The molecule has 0 bridgehead atoms. The standard InChI is InChI=1S/C12H14O2S/c1-3-10(12(13)14-2)9-15-11-7-5-4-6-8-11/h4-9H,3H2,1-2H3/b10-9+. The van der Waals surface area contributed by atoms with E-state index in [4.69, 9.17) is 0 Å². The summed E-state index contributed by atoms with van der Waals surface area (Å²) in [7, 11) is 1.40. The highest BCUT2D eigenvalue weighted by Gasteiger charge is 2.06. The summed E-state index contributed by atoms with van der Waals surface area (Å²) < 4.78 is 4.67. The van der Waals surface area contributed by atoms with E-state index in [0.717, 1.165) is 4.90 Å². The fourth-order valence-corrected chi connectivity index (χ4v) is 1.90. The number of hydrogen-bond donors (Lipinski definition) is 0. The normalized spacial score (nSPS) is 11.2. The molecular formula is C12H14O2S. The van der Waals surface area contributed by atoms with E-state index < -0.39 is 0 Å². The first-order valence-corrected chi connectivity index (χ1v) is 5.65. The highest BCUT2D eigenvalue weighted by atomic mass is 32.2. The van der Waals surface area contributed by atoms with Crippen molar-refractivity contribution in [2.45, 2.75) is 18.2 Å². The van der Waals surface area contributed by atoms with E-state index in [1.807, 2.05) is 42.7 Å². The topological polar surface area (TPSA) is 26.3 Å². The second-order valence-electron chi connectivity index (χ2n) is 2.92. The fraction of sp³-hybridized carbons (Fsp3) is 0.250. The number of thioether (sulfide) groups is 1. The van der Waals surface area contributed by atoms with Gasteiger partial charge in [-0.15, -0.1) is 0 Å². The first kappa shape index (κ1) is 11.9. The molecule has 1 rings (SSSR count). The second kappa shape index (κ2) is 6.30. The van der Waals surface area contributed by atoms with Gasteiger partial charge in [-0.25, -0.2) is 4.79 Å². The minimum atomic E-state index is -0.249. The molecule has 3 heteroatoms. The highest BCUT2D eigenvalue weighted by molar-refractivity contribution is 8.02. The van der Waals surface area contributed by atoms with Crippen LogP contribution in [0, 0.1) is 0 Å². The molecule has 0 unspecified atom stereocenters. The summed E-state index contributed by atoms with van der Waals surface area (Å²) in [6, 6.07) is 9.92. The minimum absolute atomic E-state index is 0.249. The predicted octanol–water partition coefficient (Wildman–Crippen LogP) is 3.25. The Balaban J connectivity index is 2.67. The average molecular weight is 222 g/mol. The van der Waals surface area contributed by atoms with Crippen LogP contribution >= 0.6 is 11.8 Å². The molecule has 0 aliphatic rings. The van der Waals surface area contributed by atoms with Gasteiger partial charge in [-0.2, -0.15) is 0 Å². The molecule has 0 atom stereocenters. The second-order valence-corrected chi connectivity index (χ2v) is 3.86. The number of benzene rings is 1. The average Bonchev–Trinajstić information content (AvgIpc) is 2.31. The molecule has 0 amide bonds. The van der Waals surface area contributed by atoms with Crippen LogP contribution in [0.3, 0.4) is 0 Å². The third kappa shape index (κ3) is 3.80. The molecule has 0 N–H and O–H groups in total. The van der Waals surface area contributed by atoms with Crippen LogP contribution in [0.4, 0.5) is 0 Å². The highest BCUT2D eigenvalue weighted by Crippen LogP contribution is 2.21. The van der Waals surface area contributed by atoms with Gasteiger partial charge in [-0.3, -0.25) is 0 Å². The van der Waals surface area contributed by atoms with Crippen molar-refractivity contribution in [2.75, 3.05) is 7.11 Å². The van der Waals surface area contributed by atoms with Crippen LogP contribution in [-0.2, 0) is 9.53 Å². The van der Waals surface area contributed by atoms with Crippen molar-refractivity contribution in [3.63, 3.8) is 0 Å². The van der Waals surface area contributed by atoms with E-state index in [0.29, 0.717) is 12.0 Å². The zero-order chi connectivity index (χ0) is 11.1. The number of carbonyl (C=O) groups is 1. The molecule has 0 aliphatic carbocycles. The molecule has 1 aromatic rings. The fourth-order valence-electron chi connectivity index (χ4n) is 1.05. The Kier molecular flexibility index (Phi) is 4.98. The zero-order valence-corrected chi connectivity index (χ0v) is 9.71. The van der Waals surface area contributed by atoms with Gasteiger partial charge in [0, 0.05) is 10.5 Å². The van der Waals surface area contributed by atoms with Crippen LogP contribution in [0.1, 0.15) is 13.3 Å². The number of esters is 1. The molecule has 0 saturated carbocycles. The number of methoxy groups -OCH3 is 1. The quantitative estimate of drug-likeness (QED) is 0.444. The summed E-state index contributed by atoms with van der Waals surface area (Å²) in [4.78, 5) is 12.4. The summed E-state index contributed by atoms with van der Waals surface area (Å²) in [5, 5.41) is 1.85. The van der Waals surface area contributed by atoms with Crippen molar-refractivity contribution in [3.8, 4) is 0 Å². The first-order chi connectivity index (χ1) is 7.27. The van der Waals surface area contributed by atoms with Crippen LogP contribution in [0.15, 0.2) is 46.2 Å². The lowest BCUT2D eigenvalue weighted by atomic mass is 10.2. The van der Waals surface area contributed by atoms with Gasteiger partial charge in [0.15, 0.2) is 0 Å². The summed E-state index contributed by atoms with van der Waals surface area (Å²) >= 11 is 1.53. The molecule has 0 aromatic heterocycles.